The first-order valence-corrected chi connectivity index (χ1v) is 5.57. The summed E-state index contributed by atoms with van der Waals surface area (Å²) in [5.74, 6) is -0.575. The molecule has 0 aliphatic heterocycles. The maximum absolute atomic E-state index is 11.4. The van der Waals surface area contributed by atoms with Crippen molar-refractivity contribution in [3.05, 3.63) is 23.5 Å². The van der Waals surface area contributed by atoms with Crippen molar-refractivity contribution in [3.8, 4) is 0 Å². The number of hydrogen-bond donors (Lipinski definition) is 1. The van der Waals surface area contributed by atoms with Crippen LogP contribution in [-0.2, 0) is 14.3 Å². The van der Waals surface area contributed by atoms with Crippen LogP contribution in [0.2, 0.25) is 0 Å². The average molecular weight is 238 g/mol. The van der Waals surface area contributed by atoms with Gasteiger partial charge in [0.25, 0.3) is 0 Å². The lowest BCUT2D eigenvalue weighted by Gasteiger charge is -2.39. The fourth-order valence-corrected chi connectivity index (χ4v) is 2.05. The molecule has 17 heavy (non-hydrogen) atoms. The van der Waals surface area contributed by atoms with Crippen molar-refractivity contribution in [1.82, 2.24) is 0 Å². The highest BCUT2D eigenvalue weighted by atomic mass is 16.5. The number of ether oxygens (including phenoxy) is 1. The molecule has 0 spiro atoms. The van der Waals surface area contributed by atoms with E-state index in [0.29, 0.717) is 12.2 Å². The number of aliphatic carboxylic acids is 1. The van der Waals surface area contributed by atoms with Crippen molar-refractivity contribution < 1.29 is 19.4 Å². The summed E-state index contributed by atoms with van der Waals surface area (Å²) in [7, 11) is 0. The third-order valence-electron chi connectivity index (χ3n) is 3.31. The van der Waals surface area contributed by atoms with Crippen molar-refractivity contribution in [2.75, 3.05) is 0 Å². The topological polar surface area (TPSA) is 63.6 Å². The largest absolute Gasteiger partial charge is 0.487 e. The zero-order valence-electron chi connectivity index (χ0n) is 10.6. The van der Waals surface area contributed by atoms with Crippen molar-refractivity contribution in [3.63, 3.8) is 0 Å². The van der Waals surface area contributed by atoms with Gasteiger partial charge in [0.1, 0.15) is 11.4 Å². The van der Waals surface area contributed by atoms with Gasteiger partial charge in [-0.3, -0.25) is 4.79 Å². The van der Waals surface area contributed by atoms with Crippen LogP contribution in [0, 0.1) is 5.92 Å². The van der Waals surface area contributed by atoms with Crippen molar-refractivity contribution >= 4 is 11.8 Å². The van der Waals surface area contributed by atoms with Crippen LogP contribution in [0.3, 0.4) is 0 Å². The van der Waals surface area contributed by atoms with E-state index < -0.39 is 11.6 Å². The van der Waals surface area contributed by atoms with E-state index in [1.54, 1.807) is 13.0 Å². The number of hydrogen-bond acceptors (Lipinski definition) is 3. The van der Waals surface area contributed by atoms with E-state index in [1.807, 2.05) is 20.8 Å². The second-order valence-electron chi connectivity index (χ2n) is 4.70. The summed E-state index contributed by atoms with van der Waals surface area (Å²) in [4.78, 5) is 21.9. The summed E-state index contributed by atoms with van der Waals surface area (Å²) >= 11 is 0. The standard InChI is InChI=1S/C13H18O4/c1-8-5-11(14)6-9(2)13(8,4)17-10(3)7-12(15)16/h5,7,9H,6H2,1-4H3,(H,15,16)/b10-7-/t9-,13-/m1/s1. The van der Waals surface area contributed by atoms with Gasteiger partial charge in [-0.2, -0.15) is 0 Å². The molecule has 1 aliphatic rings. The number of carbonyl (C=O) groups excluding carboxylic acids is 1. The molecule has 94 valence electrons. The highest BCUT2D eigenvalue weighted by Crippen LogP contribution is 2.37. The molecule has 1 rings (SSSR count). The summed E-state index contributed by atoms with van der Waals surface area (Å²) < 4.78 is 5.72. The molecule has 0 aromatic carbocycles. The van der Waals surface area contributed by atoms with E-state index in [1.165, 1.54) is 0 Å². The van der Waals surface area contributed by atoms with Crippen LogP contribution >= 0.6 is 0 Å². The molecule has 4 nitrogen and oxygen atoms in total. The quantitative estimate of drug-likeness (QED) is 0.605. The van der Waals surface area contributed by atoms with Crippen LogP contribution in [0.4, 0.5) is 0 Å². The monoisotopic (exact) mass is 238 g/mol. The Morgan fingerprint density at radius 1 is 1.65 bits per heavy atom. The molecule has 0 radical (unpaired) electrons. The number of allylic oxidation sites excluding steroid dienone is 2. The molecule has 0 saturated heterocycles. The Morgan fingerprint density at radius 3 is 2.71 bits per heavy atom. The zero-order valence-corrected chi connectivity index (χ0v) is 10.6. The molecule has 1 N–H and O–H groups in total. The Kier molecular flexibility index (Phi) is 3.76. The number of carboxylic acids is 1. The smallest absolute Gasteiger partial charge is 0.331 e. The highest BCUT2D eigenvalue weighted by Gasteiger charge is 2.39. The second-order valence-corrected chi connectivity index (χ2v) is 4.70. The van der Waals surface area contributed by atoms with Gasteiger partial charge in [-0.1, -0.05) is 6.92 Å². The SMILES string of the molecule is CC1=CC(=O)C[C@@H](C)[C@]1(C)O/C(C)=C\C(=O)O. The van der Waals surface area contributed by atoms with Gasteiger partial charge in [0.2, 0.25) is 0 Å². The van der Waals surface area contributed by atoms with E-state index in [-0.39, 0.29) is 11.7 Å². The van der Waals surface area contributed by atoms with Crippen LogP contribution in [0.1, 0.15) is 34.1 Å². The minimum Gasteiger partial charge on any atom is -0.487 e. The molecule has 0 fully saturated rings. The molecule has 2 atom stereocenters. The average Bonchev–Trinajstić information content (AvgIpc) is 2.13. The summed E-state index contributed by atoms with van der Waals surface area (Å²) in [6.45, 7) is 7.26. The zero-order chi connectivity index (χ0) is 13.2. The summed E-state index contributed by atoms with van der Waals surface area (Å²) in [5, 5.41) is 8.65. The van der Waals surface area contributed by atoms with Gasteiger partial charge in [-0.05, 0) is 32.4 Å². The summed E-state index contributed by atoms with van der Waals surface area (Å²) in [5.41, 5.74) is 0.226. The van der Waals surface area contributed by atoms with Crippen LogP contribution in [0.25, 0.3) is 0 Å². The van der Waals surface area contributed by atoms with E-state index >= 15 is 0 Å². The lowest BCUT2D eigenvalue weighted by atomic mass is 9.76. The highest BCUT2D eigenvalue weighted by molar-refractivity contribution is 5.92. The van der Waals surface area contributed by atoms with Gasteiger partial charge >= 0.3 is 5.97 Å². The van der Waals surface area contributed by atoms with Crippen LogP contribution in [0.5, 0.6) is 0 Å². The first kappa shape index (κ1) is 13.5. The van der Waals surface area contributed by atoms with Gasteiger partial charge < -0.3 is 9.84 Å². The van der Waals surface area contributed by atoms with E-state index in [9.17, 15) is 9.59 Å². The van der Waals surface area contributed by atoms with Gasteiger partial charge in [0.15, 0.2) is 5.78 Å². The molecule has 0 aromatic rings. The van der Waals surface area contributed by atoms with Gasteiger partial charge in [-0.15, -0.1) is 0 Å². The first-order chi connectivity index (χ1) is 7.75. The number of rotatable bonds is 3. The maximum Gasteiger partial charge on any atom is 0.331 e. The normalized spacial score (nSPS) is 29.9. The van der Waals surface area contributed by atoms with Crippen LogP contribution in [-0.4, -0.2) is 22.5 Å². The Balaban J connectivity index is 2.98. The lowest BCUT2D eigenvalue weighted by molar-refractivity contribution is -0.132. The third-order valence-corrected chi connectivity index (χ3v) is 3.31. The molecule has 0 amide bonds. The second kappa shape index (κ2) is 4.73. The lowest BCUT2D eigenvalue weighted by Crippen LogP contribution is -2.41. The summed E-state index contributed by atoms with van der Waals surface area (Å²) in [6.07, 6.45) is 3.03. The molecule has 0 heterocycles. The molecular weight excluding hydrogens is 220 g/mol. The fraction of sp³-hybridized carbons (Fsp3) is 0.538. The maximum atomic E-state index is 11.4. The molecule has 0 saturated carbocycles. The molecule has 4 heteroatoms. The first-order valence-electron chi connectivity index (χ1n) is 5.57. The predicted octanol–water partition coefficient (Wildman–Crippen LogP) is 2.31. The number of carboxylic acid groups (broad SMARTS) is 1. The van der Waals surface area contributed by atoms with Crippen LogP contribution in [0.15, 0.2) is 23.5 Å². The van der Waals surface area contributed by atoms with Gasteiger partial charge in [0.05, 0.1) is 6.08 Å². The minimum absolute atomic E-state index is 0.0251. The van der Waals surface area contributed by atoms with Crippen molar-refractivity contribution in [2.45, 2.75) is 39.7 Å². The molecule has 0 bridgehead atoms. The number of ketones is 1. The molecule has 0 aromatic heterocycles. The third kappa shape index (κ3) is 2.96. The van der Waals surface area contributed by atoms with Crippen molar-refractivity contribution in [2.24, 2.45) is 5.92 Å². The van der Waals surface area contributed by atoms with Crippen LogP contribution < -0.4 is 0 Å². The fourth-order valence-electron chi connectivity index (χ4n) is 2.05. The molecule has 0 unspecified atom stereocenters. The minimum atomic E-state index is -1.03. The predicted molar refractivity (Wildman–Crippen MR) is 63.4 cm³/mol. The molecule has 1 aliphatic carbocycles. The van der Waals surface area contributed by atoms with E-state index in [4.69, 9.17) is 9.84 Å². The Labute approximate surface area is 101 Å². The molecular formula is C13H18O4. The Morgan fingerprint density at radius 2 is 2.24 bits per heavy atom. The number of carbonyl (C=O) groups is 2. The van der Waals surface area contributed by atoms with Gasteiger partial charge in [0, 0.05) is 12.3 Å². The van der Waals surface area contributed by atoms with E-state index in [2.05, 4.69) is 0 Å². The van der Waals surface area contributed by atoms with Crippen molar-refractivity contribution in [1.29, 1.82) is 0 Å². The summed E-state index contributed by atoms with van der Waals surface area (Å²) in [6, 6.07) is 0. The van der Waals surface area contributed by atoms with E-state index in [0.717, 1.165) is 11.6 Å². The van der Waals surface area contributed by atoms with Gasteiger partial charge in [-0.25, -0.2) is 4.79 Å². The Hall–Kier alpha value is -1.58. The Bertz CT molecular complexity index is 406.